The van der Waals surface area contributed by atoms with Crippen molar-refractivity contribution in [3.8, 4) is 0 Å². The van der Waals surface area contributed by atoms with Gasteiger partial charge in [-0.15, -0.1) is 0 Å². The molecule has 4 nitrogen and oxygen atoms in total. The van der Waals surface area contributed by atoms with Crippen LogP contribution in [0, 0.1) is 13.8 Å². The maximum atomic E-state index is 5.51. The topological polar surface area (TPSA) is 47.0 Å². The first kappa shape index (κ1) is 12.3. The number of nitrogens with one attached hydrogen (secondary N) is 1. The Morgan fingerprint density at radius 3 is 2.82 bits per heavy atom. The summed E-state index contributed by atoms with van der Waals surface area (Å²) in [4.78, 5) is 9.25. The van der Waals surface area contributed by atoms with E-state index in [1.807, 2.05) is 6.92 Å². The molecule has 1 unspecified atom stereocenters. The third-order valence-corrected chi connectivity index (χ3v) is 3.28. The first-order valence-corrected chi connectivity index (χ1v) is 6.39. The molecule has 1 aromatic rings. The van der Waals surface area contributed by atoms with Gasteiger partial charge in [0, 0.05) is 30.3 Å². The van der Waals surface area contributed by atoms with E-state index in [0.29, 0.717) is 5.92 Å². The van der Waals surface area contributed by atoms with Crippen LogP contribution in [0.3, 0.4) is 0 Å². The maximum Gasteiger partial charge on any atom is 0.136 e. The van der Waals surface area contributed by atoms with Gasteiger partial charge in [0.15, 0.2) is 0 Å². The van der Waals surface area contributed by atoms with E-state index in [4.69, 9.17) is 4.74 Å². The van der Waals surface area contributed by atoms with Crippen LogP contribution in [0.25, 0.3) is 0 Å². The molecule has 1 saturated heterocycles. The molecule has 1 aliphatic rings. The van der Waals surface area contributed by atoms with Gasteiger partial charge >= 0.3 is 0 Å². The van der Waals surface area contributed by atoms with Crippen molar-refractivity contribution in [2.24, 2.45) is 0 Å². The molecule has 1 aromatic heterocycles. The predicted octanol–water partition coefficient (Wildman–Crippen LogP) is 2.42. The van der Waals surface area contributed by atoms with E-state index in [1.54, 1.807) is 0 Å². The standard InChI is InChI=1S/C13H21N3O/c1-4-14-12-9(2)10(3)15-13(16-12)11-6-5-7-17-8-11/h11H,4-8H2,1-3H3,(H,14,15,16). The molecular weight excluding hydrogens is 214 g/mol. The lowest BCUT2D eigenvalue weighted by atomic mass is 10.0. The molecule has 0 amide bonds. The SMILES string of the molecule is CCNc1nc(C2CCCOC2)nc(C)c1C. The molecular formula is C13H21N3O. The summed E-state index contributed by atoms with van der Waals surface area (Å²) in [5, 5.41) is 3.30. The molecule has 1 N–H and O–H groups in total. The minimum absolute atomic E-state index is 0.362. The van der Waals surface area contributed by atoms with Gasteiger partial charge in [0.1, 0.15) is 11.6 Å². The average molecular weight is 235 g/mol. The summed E-state index contributed by atoms with van der Waals surface area (Å²) in [6.07, 6.45) is 2.24. The molecule has 1 atom stereocenters. The first-order valence-electron chi connectivity index (χ1n) is 6.39. The van der Waals surface area contributed by atoms with Gasteiger partial charge in [0.05, 0.1) is 6.61 Å². The Labute approximate surface area is 103 Å². The fraction of sp³-hybridized carbons (Fsp3) is 0.692. The second-order valence-corrected chi connectivity index (χ2v) is 4.59. The highest BCUT2D eigenvalue weighted by Gasteiger charge is 2.20. The van der Waals surface area contributed by atoms with Gasteiger partial charge in [-0.05, 0) is 33.6 Å². The minimum Gasteiger partial charge on any atom is -0.381 e. The number of hydrogen-bond acceptors (Lipinski definition) is 4. The summed E-state index contributed by atoms with van der Waals surface area (Å²) in [6, 6.07) is 0. The van der Waals surface area contributed by atoms with Gasteiger partial charge in [-0.1, -0.05) is 0 Å². The summed E-state index contributed by atoms with van der Waals surface area (Å²) in [5.74, 6) is 2.27. The van der Waals surface area contributed by atoms with Crippen LogP contribution in [0.4, 0.5) is 5.82 Å². The summed E-state index contributed by atoms with van der Waals surface area (Å²) >= 11 is 0. The zero-order chi connectivity index (χ0) is 12.3. The summed E-state index contributed by atoms with van der Waals surface area (Å²) in [7, 11) is 0. The smallest absolute Gasteiger partial charge is 0.136 e. The lowest BCUT2D eigenvalue weighted by molar-refractivity contribution is 0.0780. The van der Waals surface area contributed by atoms with Crippen LogP contribution in [0.15, 0.2) is 0 Å². The van der Waals surface area contributed by atoms with Crippen molar-refractivity contribution < 1.29 is 4.74 Å². The highest BCUT2D eigenvalue weighted by molar-refractivity contribution is 5.45. The Morgan fingerprint density at radius 1 is 1.35 bits per heavy atom. The van der Waals surface area contributed by atoms with E-state index in [2.05, 4.69) is 29.1 Å². The van der Waals surface area contributed by atoms with Crippen LogP contribution >= 0.6 is 0 Å². The molecule has 0 aliphatic carbocycles. The minimum atomic E-state index is 0.362. The van der Waals surface area contributed by atoms with Crippen LogP contribution < -0.4 is 5.32 Å². The maximum absolute atomic E-state index is 5.51. The third kappa shape index (κ3) is 2.75. The number of rotatable bonds is 3. The first-order chi connectivity index (χ1) is 8.22. The molecule has 1 aliphatic heterocycles. The number of anilines is 1. The number of hydrogen-bond donors (Lipinski definition) is 1. The molecule has 94 valence electrons. The molecule has 0 aromatic carbocycles. The summed E-state index contributed by atoms with van der Waals surface area (Å²) < 4.78 is 5.51. The average Bonchev–Trinajstić information content (AvgIpc) is 2.36. The highest BCUT2D eigenvalue weighted by atomic mass is 16.5. The van der Waals surface area contributed by atoms with Crippen molar-refractivity contribution >= 4 is 5.82 Å². The number of aryl methyl sites for hydroxylation is 1. The fourth-order valence-electron chi connectivity index (χ4n) is 2.12. The molecule has 1 fully saturated rings. The molecule has 0 radical (unpaired) electrons. The molecule has 2 rings (SSSR count). The Balaban J connectivity index is 2.27. The second kappa shape index (κ2) is 5.45. The largest absolute Gasteiger partial charge is 0.381 e. The van der Waals surface area contributed by atoms with E-state index < -0.39 is 0 Å². The van der Waals surface area contributed by atoms with E-state index in [1.165, 1.54) is 0 Å². The van der Waals surface area contributed by atoms with Crippen molar-refractivity contribution in [3.05, 3.63) is 17.1 Å². The zero-order valence-electron chi connectivity index (χ0n) is 10.9. The molecule has 2 heterocycles. The highest BCUT2D eigenvalue weighted by Crippen LogP contribution is 2.25. The van der Waals surface area contributed by atoms with E-state index in [9.17, 15) is 0 Å². The predicted molar refractivity (Wildman–Crippen MR) is 68.5 cm³/mol. The number of ether oxygens (including phenoxy) is 1. The molecule has 0 spiro atoms. The van der Waals surface area contributed by atoms with E-state index in [-0.39, 0.29) is 0 Å². The van der Waals surface area contributed by atoms with Crippen molar-refractivity contribution in [1.82, 2.24) is 9.97 Å². The van der Waals surface area contributed by atoms with Crippen LogP contribution in [-0.2, 0) is 4.74 Å². The molecule has 4 heteroatoms. The van der Waals surface area contributed by atoms with Crippen molar-refractivity contribution in [1.29, 1.82) is 0 Å². The lowest BCUT2D eigenvalue weighted by Crippen LogP contribution is -2.19. The van der Waals surface area contributed by atoms with Gasteiger partial charge in [0.25, 0.3) is 0 Å². The van der Waals surface area contributed by atoms with Crippen LogP contribution in [0.2, 0.25) is 0 Å². The molecule has 0 bridgehead atoms. The fourth-order valence-corrected chi connectivity index (χ4v) is 2.12. The monoisotopic (exact) mass is 235 g/mol. The molecule has 17 heavy (non-hydrogen) atoms. The van der Waals surface area contributed by atoms with Gasteiger partial charge in [-0.25, -0.2) is 9.97 Å². The third-order valence-electron chi connectivity index (χ3n) is 3.28. The normalized spacial score (nSPS) is 20.3. The Kier molecular flexibility index (Phi) is 3.94. The van der Waals surface area contributed by atoms with Gasteiger partial charge in [0.2, 0.25) is 0 Å². The van der Waals surface area contributed by atoms with Crippen LogP contribution in [-0.4, -0.2) is 29.7 Å². The van der Waals surface area contributed by atoms with Crippen LogP contribution in [0.1, 0.15) is 42.8 Å². The van der Waals surface area contributed by atoms with E-state index in [0.717, 1.165) is 55.5 Å². The van der Waals surface area contributed by atoms with Crippen LogP contribution in [0.5, 0.6) is 0 Å². The Bertz CT molecular complexity index is 386. The zero-order valence-corrected chi connectivity index (χ0v) is 10.9. The Hall–Kier alpha value is -1.16. The van der Waals surface area contributed by atoms with Crippen molar-refractivity contribution in [2.75, 3.05) is 25.1 Å². The second-order valence-electron chi connectivity index (χ2n) is 4.59. The van der Waals surface area contributed by atoms with Gasteiger partial charge in [-0.2, -0.15) is 0 Å². The van der Waals surface area contributed by atoms with Crippen molar-refractivity contribution in [3.63, 3.8) is 0 Å². The molecule has 0 saturated carbocycles. The number of aromatic nitrogens is 2. The van der Waals surface area contributed by atoms with E-state index >= 15 is 0 Å². The Morgan fingerprint density at radius 2 is 2.18 bits per heavy atom. The quantitative estimate of drug-likeness (QED) is 0.874. The lowest BCUT2D eigenvalue weighted by Gasteiger charge is -2.22. The summed E-state index contributed by atoms with van der Waals surface area (Å²) in [5.41, 5.74) is 2.21. The van der Waals surface area contributed by atoms with Gasteiger partial charge in [-0.3, -0.25) is 0 Å². The van der Waals surface area contributed by atoms with Crippen molar-refractivity contribution in [2.45, 2.75) is 39.5 Å². The number of nitrogens with zero attached hydrogens (tertiary/aromatic N) is 2. The van der Waals surface area contributed by atoms with Gasteiger partial charge < -0.3 is 10.1 Å². The summed E-state index contributed by atoms with van der Waals surface area (Å²) in [6.45, 7) is 8.72.